The van der Waals surface area contributed by atoms with E-state index in [9.17, 15) is 4.39 Å². The fraction of sp³-hybridized carbons (Fsp3) is 0.400. The van der Waals surface area contributed by atoms with Crippen LogP contribution in [0.2, 0.25) is 0 Å². The first-order valence-corrected chi connectivity index (χ1v) is 6.52. The minimum absolute atomic E-state index is 0.213. The molecule has 0 bridgehead atoms. The van der Waals surface area contributed by atoms with E-state index in [1.165, 1.54) is 17.3 Å². The van der Waals surface area contributed by atoms with E-state index < -0.39 is 0 Å². The molecule has 102 valence electrons. The third-order valence-corrected chi connectivity index (χ3v) is 3.19. The zero-order valence-corrected chi connectivity index (χ0v) is 11.9. The third kappa shape index (κ3) is 2.68. The van der Waals surface area contributed by atoms with Gasteiger partial charge in [0.25, 0.3) is 0 Å². The largest absolute Gasteiger partial charge is 0.316 e. The Hall–Kier alpha value is -1.68. The van der Waals surface area contributed by atoms with Crippen LogP contribution in [0.15, 0.2) is 24.4 Å². The van der Waals surface area contributed by atoms with Crippen molar-refractivity contribution in [3.05, 3.63) is 47.0 Å². The van der Waals surface area contributed by atoms with E-state index in [-0.39, 0.29) is 5.82 Å². The van der Waals surface area contributed by atoms with Crippen LogP contribution >= 0.6 is 0 Å². The van der Waals surface area contributed by atoms with Gasteiger partial charge >= 0.3 is 0 Å². The molecule has 0 spiro atoms. The second-order valence-corrected chi connectivity index (χ2v) is 5.08. The Labute approximate surface area is 113 Å². The van der Waals surface area contributed by atoms with E-state index in [4.69, 9.17) is 0 Å². The van der Waals surface area contributed by atoms with Gasteiger partial charge in [0.1, 0.15) is 5.82 Å². The van der Waals surface area contributed by atoms with Crippen LogP contribution in [-0.2, 0) is 6.54 Å². The number of halogens is 1. The van der Waals surface area contributed by atoms with Gasteiger partial charge in [-0.3, -0.25) is 0 Å². The van der Waals surface area contributed by atoms with Gasteiger partial charge in [0, 0.05) is 12.1 Å². The summed E-state index contributed by atoms with van der Waals surface area (Å²) in [6.45, 7) is 6.98. The Balaban J connectivity index is 2.55. The molecule has 0 saturated heterocycles. The van der Waals surface area contributed by atoms with Gasteiger partial charge in [-0.05, 0) is 43.7 Å². The van der Waals surface area contributed by atoms with Crippen molar-refractivity contribution in [3.8, 4) is 5.69 Å². The van der Waals surface area contributed by atoms with Crippen molar-refractivity contribution >= 4 is 0 Å². The summed E-state index contributed by atoms with van der Waals surface area (Å²) in [6, 6.07) is 4.80. The summed E-state index contributed by atoms with van der Waals surface area (Å²) in [7, 11) is 1.92. The first-order chi connectivity index (χ1) is 9.04. The monoisotopic (exact) mass is 261 g/mol. The Morgan fingerprint density at radius 3 is 2.68 bits per heavy atom. The molecule has 0 aliphatic rings. The molecule has 4 heteroatoms. The molecule has 0 unspecified atom stereocenters. The molecule has 2 rings (SSSR count). The maximum Gasteiger partial charge on any atom is 0.123 e. The van der Waals surface area contributed by atoms with E-state index in [1.807, 2.05) is 24.9 Å². The van der Waals surface area contributed by atoms with E-state index in [1.54, 1.807) is 12.1 Å². The van der Waals surface area contributed by atoms with Crippen LogP contribution in [0.25, 0.3) is 5.69 Å². The quantitative estimate of drug-likeness (QED) is 0.916. The van der Waals surface area contributed by atoms with E-state index in [0.29, 0.717) is 5.92 Å². The molecule has 1 N–H and O–H groups in total. The van der Waals surface area contributed by atoms with Gasteiger partial charge in [-0.15, -0.1) is 0 Å². The minimum atomic E-state index is -0.213. The molecule has 0 radical (unpaired) electrons. The smallest absolute Gasteiger partial charge is 0.123 e. The van der Waals surface area contributed by atoms with E-state index in [2.05, 4.69) is 24.3 Å². The number of hydrogen-bond acceptors (Lipinski definition) is 2. The molecule has 0 amide bonds. The summed E-state index contributed by atoms with van der Waals surface area (Å²) < 4.78 is 15.1. The molecule has 0 aliphatic carbocycles. The zero-order valence-electron chi connectivity index (χ0n) is 11.9. The topological polar surface area (TPSA) is 29.9 Å². The molecule has 0 aliphatic heterocycles. The van der Waals surface area contributed by atoms with Gasteiger partial charge < -0.3 is 5.32 Å². The fourth-order valence-electron chi connectivity index (χ4n) is 2.38. The van der Waals surface area contributed by atoms with Crippen LogP contribution in [-0.4, -0.2) is 16.8 Å². The first-order valence-electron chi connectivity index (χ1n) is 6.52. The molecule has 3 nitrogen and oxygen atoms in total. The minimum Gasteiger partial charge on any atom is -0.316 e. The van der Waals surface area contributed by atoms with Gasteiger partial charge in [0.2, 0.25) is 0 Å². The lowest BCUT2D eigenvalue weighted by molar-refractivity contribution is 0.624. The molecular weight excluding hydrogens is 241 g/mol. The number of nitrogens with one attached hydrogen (secondary N) is 1. The molecular formula is C15H20FN3. The standard InChI is InChI=1S/C15H20FN3/c1-10(2)15-12(8-17-4)9-18-19(15)14-6-5-13(16)7-11(14)3/h5-7,9-10,17H,8H2,1-4H3. The highest BCUT2D eigenvalue weighted by atomic mass is 19.1. The van der Waals surface area contributed by atoms with Crippen molar-refractivity contribution in [2.24, 2.45) is 0 Å². The van der Waals surface area contributed by atoms with E-state index in [0.717, 1.165) is 17.8 Å². The summed E-state index contributed by atoms with van der Waals surface area (Å²) in [4.78, 5) is 0. The Bertz CT molecular complexity index is 573. The van der Waals surface area contributed by atoms with Crippen molar-refractivity contribution in [3.63, 3.8) is 0 Å². The SMILES string of the molecule is CNCc1cnn(-c2ccc(F)cc2C)c1C(C)C. The zero-order chi connectivity index (χ0) is 14.0. The number of aromatic nitrogens is 2. The highest BCUT2D eigenvalue weighted by Crippen LogP contribution is 2.25. The molecule has 0 saturated carbocycles. The Morgan fingerprint density at radius 2 is 2.11 bits per heavy atom. The summed E-state index contributed by atoms with van der Waals surface area (Å²) in [5.41, 5.74) is 4.18. The predicted molar refractivity (Wildman–Crippen MR) is 75.1 cm³/mol. The van der Waals surface area contributed by atoms with E-state index >= 15 is 0 Å². The molecule has 0 atom stereocenters. The summed E-state index contributed by atoms with van der Waals surface area (Å²) >= 11 is 0. The maximum absolute atomic E-state index is 13.2. The van der Waals surface area contributed by atoms with Crippen molar-refractivity contribution < 1.29 is 4.39 Å². The van der Waals surface area contributed by atoms with Crippen molar-refractivity contribution in [2.45, 2.75) is 33.2 Å². The highest BCUT2D eigenvalue weighted by molar-refractivity contribution is 5.43. The van der Waals surface area contributed by atoms with Gasteiger partial charge in [0.15, 0.2) is 0 Å². The highest BCUT2D eigenvalue weighted by Gasteiger charge is 2.16. The van der Waals surface area contributed by atoms with Crippen LogP contribution in [0.1, 0.15) is 36.6 Å². The molecule has 1 heterocycles. The van der Waals surface area contributed by atoms with Crippen LogP contribution in [0.4, 0.5) is 4.39 Å². The number of benzene rings is 1. The number of nitrogens with zero attached hydrogens (tertiary/aromatic N) is 2. The fourth-order valence-corrected chi connectivity index (χ4v) is 2.38. The van der Waals surface area contributed by atoms with Crippen molar-refractivity contribution in [2.75, 3.05) is 7.05 Å². The lowest BCUT2D eigenvalue weighted by atomic mass is 10.1. The third-order valence-electron chi connectivity index (χ3n) is 3.19. The van der Waals surface area contributed by atoms with Gasteiger partial charge in [0.05, 0.1) is 17.6 Å². The average molecular weight is 261 g/mol. The second-order valence-electron chi connectivity index (χ2n) is 5.08. The van der Waals surface area contributed by atoms with Gasteiger partial charge in [-0.2, -0.15) is 5.10 Å². The number of aryl methyl sites for hydroxylation is 1. The lowest BCUT2D eigenvalue weighted by Gasteiger charge is -2.14. The average Bonchev–Trinajstić information content (AvgIpc) is 2.73. The Kier molecular flexibility index (Phi) is 4.00. The first kappa shape index (κ1) is 13.7. The number of hydrogen-bond donors (Lipinski definition) is 1. The predicted octanol–water partition coefficient (Wildman–Crippen LogP) is 3.16. The molecule has 1 aromatic carbocycles. The maximum atomic E-state index is 13.2. The molecule has 2 aromatic rings. The number of rotatable bonds is 4. The molecule has 19 heavy (non-hydrogen) atoms. The summed E-state index contributed by atoms with van der Waals surface area (Å²) in [5.74, 6) is 0.144. The van der Waals surface area contributed by atoms with Crippen LogP contribution in [0, 0.1) is 12.7 Å². The van der Waals surface area contributed by atoms with Crippen LogP contribution in [0.5, 0.6) is 0 Å². The molecule has 0 fully saturated rings. The lowest BCUT2D eigenvalue weighted by Crippen LogP contribution is -2.11. The second kappa shape index (κ2) is 5.53. The van der Waals surface area contributed by atoms with Crippen molar-refractivity contribution in [1.82, 2.24) is 15.1 Å². The van der Waals surface area contributed by atoms with Crippen LogP contribution < -0.4 is 5.32 Å². The molecule has 1 aromatic heterocycles. The van der Waals surface area contributed by atoms with Gasteiger partial charge in [-0.25, -0.2) is 9.07 Å². The summed E-state index contributed by atoms with van der Waals surface area (Å²) in [5, 5.41) is 7.63. The van der Waals surface area contributed by atoms with Crippen molar-refractivity contribution in [1.29, 1.82) is 0 Å². The summed E-state index contributed by atoms with van der Waals surface area (Å²) in [6.07, 6.45) is 1.88. The normalized spacial score (nSPS) is 11.3. The van der Waals surface area contributed by atoms with Crippen LogP contribution in [0.3, 0.4) is 0 Å². The van der Waals surface area contributed by atoms with Gasteiger partial charge in [-0.1, -0.05) is 13.8 Å². The Morgan fingerprint density at radius 1 is 1.37 bits per heavy atom.